The minimum Gasteiger partial charge on any atom is -0.384 e. The van der Waals surface area contributed by atoms with Gasteiger partial charge < -0.3 is 10.1 Å². The zero-order valence-corrected chi connectivity index (χ0v) is 12.9. The highest BCUT2D eigenvalue weighted by molar-refractivity contribution is 7.99. The van der Waals surface area contributed by atoms with Crippen LogP contribution in [0.4, 0.5) is 0 Å². The summed E-state index contributed by atoms with van der Waals surface area (Å²) in [6.45, 7) is 10.2. The van der Waals surface area contributed by atoms with Gasteiger partial charge in [0.25, 0.3) is 0 Å². The second-order valence-electron chi connectivity index (χ2n) is 5.41. The van der Waals surface area contributed by atoms with Gasteiger partial charge in [-0.1, -0.05) is 6.07 Å². The van der Waals surface area contributed by atoms with Crippen molar-refractivity contribution in [2.24, 2.45) is 0 Å². The van der Waals surface area contributed by atoms with Crippen molar-refractivity contribution in [3.05, 3.63) is 23.4 Å². The van der Waals surface area contributed by atoms with Gasteiger partial charge in [-0.2, -0.15) is 0 Å². The van der Waals surface area contributed by atoms with Gasteiger partial charge in [-0.15, -0.1) is 11.8 Å². The van der Waals surface area contributed by atoms with Crippen LogP contribution in [-0.4, -0.2) is 30.0 Å². The maximum Gasteiger partial charge on any atom is 0.0990 e. The van der Waals surface area contributed by atoms with E-state index >= 15 is 0 Å². The number of ether oxygens (including phenoxy) is 1. The molecule has 102 valence electrons. The lowest BCUT2D eigenvalue weighted by atomic mass is 10.1. The van der Waals surface area contributed by atoms with Crippen LogP contribution in [0, 0.1) is 6.92 Å². The Morgan fingerprint density at radius 1 is 1.39 bits per heavy atom. The van der Waals surface area contributed by atoms with Crippen LogP contribution < -0.4 is 5.32 Å². The summed E-state index contributed by atoms with van der Waals surface area (Å²) >= 11 is 1.75. The van der Waals surface area contributed by atoms with Crippen LogP contribution in [0.2, 0.25) is 0 Å². The average Bonchev–Trinajstić information content (AvgIpc) is 2.28. The third kappa shape index (κ3) is 5.85. The number of aromatic nitrogens is 1. The predicted molar refractivity (Wildman–Crippen MR) is 78.2 cm³/mol. The second kappa shape index (κ2) is 7.12. The highest BCUT2D eigenvalue weighted by Crippen LogP contribution is 2.20. The Labute approximate surface area is 115 Å². The fourth-order valence-corrected chi connectivity index (χ4v) is 2.31. The van der Waals surface area contributed by atoms with Gasteiger partial charge in [0.2, 0.25) is 0 Å². The van der Waals surface area contributed by atoms with E-state index in [9.17, 15) is 0 Å². The van der Waals surface area contributed by atoms with E-state index in [4.69, 9.17) is 4.74 Å². The van der Waals surface area contributed by atoms with E-state index in [1.54, 1.807) is 18.9 Å². The summed E-state index contributed by atoms with van der Waals surface area (Å²) in [7, 11) is 1.72. The monoisotopic (exact) mass is 268 g/mol. The maximum atomic E-state index is 5.04. The Bertz CT molecular complexity index is 375. The number of pyridine rings is 1. The minimum absolute atomic E-state index is 0.139. The van der Waals surface area contributed by atoms with Crippen molar-refractivity contribution in [3.8, 4) is 0 Å². The molecule has 0 radical (unpaired) electrons. The molecule has 1 N–H and O–H groups in total. The fourth-order valence-electron chi connectivity index (χ4n) is 1.46. The van der Waals surface area contributed by atoms with Gasteiger partial charge >= 0.3 is 0 Å². The molecule has 0 aromatic carbocycles. The zero-order valence-electron chi connectivity index (χ0n) is 12.0. The summed E-state index contributed by atoms with van der Waals surface area (Å²) in [6.07, 6.45) is 1.96. The van der Waals surface area contributed by atoms with Crippen molar-refractivity contribution in [1.82, 2.24) is 10.3 Å². The molecule has 0 aliphatic carbocycles. The molecule has 0 aliphatic heterocycles. The van der Waals surface area contributed by atoms with Crippen LogP contribution in [0.25, 0.3) is 0 Å². The van der Waals surface area contributed by atoms with Gasteiger partial charge in [-0.25, -0.2) is 4.98 Å². The van der Waals surface area contributed by atoms with E-state index in [0.29, 0.717) is 0 Å². The first-order valence-electron chi connectivity index (χ1n) is 6.24. The van der Waals surface area contributed by atoms with Crippen molar-refractivity contribution in [1.29, 1.82) is 0 Å². The molecule has 1 rings (SSSR count). The first-order valence-corrected chi connectivity index (χ1v) is 7.23. The standard InChI is InChI=1S/C14H24N2OS/c1-11-8-12(10-16-14(2,3)4)9-15-13(11)18-7-6-17-5/h8-9,16H,6-7,10H2,1-5H3. The van der Waals surface area contributed by atoms with Gasteiger partial charge in [0.15, 0.2) is 0 Å². The minimum atomic E-state index is 0.139. The number of hydrogen-bond donors (Lipinski definition) is 1. The van der Waals surface area contributed by atoms with Crippen LogP contribution in [0.5, 0.6) is 0 Å². The largest absolute Gasteiger partial charge is 0.384 e. The summed E-state index contributed by atoms with van der Waals surface area (Å²) < 4.78 is 5.04. The molecule has 1 heterocycles. The normalized spacial score (nSPS) is 11.8. The van der Waals surface area contributed by atoms with E-state index in [0.717, 1.165) is 23.9 Å². The molecule has 0 spiro atoms. The molecule has 0 unspecified atom stereocenters. The SMILES string of the molecule is COCCSc1ncc(CNC(C)(C)C)cc1C. The van der Waals surface area contributed by atoms with Gasteiger partial charge in [0.1, 0.15) is 0 Å². The molecule has 0 saturated heterocycles. The molecule has 0 saturated carbocycles. The van der Waals surface area contributed by atoms with Crippen LogP contribution in [-0.2, 0) is 11.3 Å². The van der Waals surface area contributed by atoms with E-state index in [2.05, 4.69) is 44.1 Å². The lowest BCUT2D eigenvalue weighted by molar-refractivity contribution is 0.218. The van der Waals surface area contributed by atoms with Crippen LogP contribution in [0.15, 0.2) is 17.3 Å². The Kier molecular flexibility index (Phi) is 6.12. The molecule has 3 nitrogen and oxygen atoms in total. The van der Waals surface area contributed by atoms with Crippen LogP contribution in [0.1, 0.15) is 31.9 Å². The first kappa shape index (κ1) is 15.5. The van der Waals surface area contributed by atoms with Crippen molar-refractivity contribution in [2.75, 3.05) is 19.5 Å². The Hall–Kier alpha value is -0.580. The first-order chi connectivity index (χ1) is 8.42. The summed E-state index contributed by atoms with van der Waals surface area (Å²) in [5.74, 6) is 0.948. The molecule has 0 bridgehead atoms. The fraction of sp³-hybridized carbons (Fsp3) is 0.643. The van der Waals surface area contributed by atoms with Crippen LogP contribution in [0.3, 0.4) is 0 Å². The molecule has 0 amide bonds. The third-order valence-electron chi connectivity index (χ3n) is 2.44. The van der Waals surface area contributed by atoms with Gasteiger partial charge in [0.05, 0.1) is 11.6 Å². The Morgan fingerprint density at radius 2 is 2.11 bits per heavy atom. The third-order valence-corrected chi connectivity index (χ3v) is 3.51. The van der Waals surface area contributed by atoms with Crippen molar-refractivity contribution >= 4 is 11.8 Å². The average molecular weight is 268 g/mol. The van der Waals surface area contributed by atoms with Crippen molar-refractivity contribution in [2.45, 2.75) is 44.8 Å². The predicted octanol–water partition coefficient (Wildman–Crippen LogP) is 3.02. The quantitative estimate of drug-likeness (QED) is 0.635. The maximum absolute atomic E-state index is 5.04. The smallest absolute Gasteiger partial charge is 0.0990 e. The molecule has 0 aliphatic rings. The highest BCUT2D eigenvalue weighted by atomic mass is 32.2. The molecule has 1 aromatic rings. The lowest BCUT2D eigenvalue weighted by Gasteiger charge is -2.20. The van der Waals surface area contributed by atoms with E-state index < -0.39 is 0 Å². The molecule has 0 fully saturated rings. The molecule has 0 atom stereocenters. The van der Waals surface area contributed by atoms with Crippen LogP contribution >= 0.6 is 11.8 Å². The summed E-state index contributed by atoms with van der Waals surface area (Å²) in [5.41, 5.74) is 2.61. The molecular formula is C14H24N2OS. The van der Waals surface area contributed by atoms with E-state index in [-0.39, 0.29) is 5.54 Å². The zero-order chi connectivity index (χ0) is 13.6. The number of aryl methyl sites for hydroxylation is 1. The number of methoxy groups -OCH3 is 1. The Balaban J connectivity index is 2.56. The molecule has 1 aromatic heterocycles. The number of rotatable bonds is 6. The number of thioether (sulfide) groups is 1. The number of nitrogens with one attached hydrogen (secondary N) is 1. The number of hydrogen-bond acceptors (Lipinski definition) is 4. The van der Waals surface area contributed by atoms with Gasteiger partial charge in [-0.3, -0.25) is 0 Å². The van der Waals surface area contributed by atoms with E-state index in [1.807, 2.05) is 6.20 Å². The molecule has 18 heavy (non-hydrogen) atoms. The summed E-state index contributed by atoms with van der Waals surface area (Å²) in [4.78, 5) is 4.52. The molecular weight excluding hydrogens is 244 g/mol. The van der Waals surface area contributed by atoms with Crippen molar-refractivity contribution in [3.63, 3.8) is 0 Å². The van der Waals surface area contributed by atoms with Gasteiger partial charge in [-0.05, 0) is 38.8 Å². The van der Waals surface area contributed by atoms with E-state index in [1.165, 1.54) is 11.1 Å². The van der Waals surface area contributed by atoms with Crippen molar-refractivity contribution < 1.29 is 4.74 Å². The highest BCUT2D eigenvalue weighted by Gasteiger charge is 2.09. The summed E-state index contributed by atoms with van der Waals surface area (Å²) in [6, 6.07) is 2.21. The topological polar surface area (TPSA) is 34.1 Å². The Morgan fingerprint density at radius 3 is 2.67 bits per heavy atom. The lowest BCUT2D eigenvalue weighted by Crippen LogP contribution is -2.35. The summed E-state index contributed by atoms with van der Waals surface area (Å²) in [5, 5.41) is 4.57. The van der Waals surface area contributed by atoms with Gasteiger partial charge in [0, 0.05) is 31.1 Å². The number of nitrogens with zero attached hydrogens (tertiary/aromatic N) is 1. The molecule has 4 heteroatoms. The second-order valence-corrected chi connectivity index (χ2v) is 6.49.